The topological polar surface area (TPSA) is 54.9 Å². The van der Waals surface area contributed by atoms with Gasteiger partial charge in [-0.2, -0.15) is 0 Å². The largest absolute Gasteiger partial charge is 0.309 e. The van der Waals surface area contributed by atoms with Gasteiger partial charge in [-0.1, -0.05) is 12.1 Å². The fraction of sp³-hybridized carbons (Fsp3) is 0.0833. The Morgan fingerprint density at radius 1 is 1.26 bits per heavy atom. The summed E-state index contributed by atoms with van der Waals surface area (Å²) in [6.07, 6.45) is 2.49. The zero-order valence-corrected chi connectivity index (χ0v) is 11.1. The van der Waals surface area contributed by atoms with E-state index in [1.165, 1.54) is 24.5 Å². The summed E-state index contributed by atoms with van der Waals surface area (Å²) in [5.74, 6) is -2.25. The van der Waals surface area contributed by atoms with E-state index in [2.05, 4.69) is 31.2 Å². The van der Waals surface area contributed by atoms with Crippen molar-refractivity contribution in [2.45, 2.75) is 6.42 Å². The molecule has 0 spiro atoms. The van der Waals surface area contributed by atoms with Crippen LogP contribution in [0.15, 0.2) is 35.2 Å². The second-order valence-corrected chi connectivity index (χ2v) is 4.47. The molecule has 4 nitrogen and oxygen atoms in total. The molecule has 0 radical (unpaired) electrons. The molecule has 0 saturated carbocycles. The molecule has 1 aromatic heterocycles. The molecule has 1 N–H and O–H groups in total. The van der Waals surface area contributed by atoms with E-state index in [1.54, 1.807) is 0 Å². The van der Waals surface area contributed by atoms with Gasteiger partial charge in [-0.05, 0) is 22.0 Å². The molecule has 0 bridgehead atoms. The Labute approximate surface area is 116 Å². The Morgan fingerprint density at radius 2 is 2.05 bits per heavy atom. The van der Waals surface area contributed by atoms with Crippen molar-refractivity contribution >= 4 is 27.7 Å². The number of aromatic nitrogens is 2. The van der Waals surface area contributed by atoms with Crippen LogP contribution in [-0.2, 0) is 11.2 Å². The summed E-state index contributed by atoms with van der Waals surface area (Å²) in [7, 11) is 0. The highest BCUT2D eigenvalue weighted by molar-refractivity contribution is 9.10. The lowest BCUT2D eigenvalue weighted by Crippen LogP contribution is -2.16. The maximum absolute atomic E-state index is 13.4. The summed E-state index contributed by atoms with van der Waals surface area (Å²) < 4.78 is 26.9. The van der Waals surface area contributed by atoms with Gasteiger partial charge in [0.1, 0.15) is 4.60 Å². The number of nitrogens with one attached hydrogen (secondary N) is 1. The Bertz CT molecular complexity index is 604. The lowest BCUT2D eigenvalue weighted by atomic mass is 10.1. The molecule has 2 rings (SSSR count). The van der Waals surface area contributed by atoms with Gasteiger partial charge in [0, 0.05) is 5.56 Å². The quantitative estimate of drug-likeness (QED) is 0.943. The number of benzene rings is 1. The molecule has 0 atom stereocenters. The maximum Gasteiger partial charge on any atom is 0.230 e. The zero-order valence-electron chi connectivity index (χ0n) is 9.53. The molecular weight excluding hydrogens is 320 g/mol. The summed E-state index contributed by atoms with van der Waals surface area (Å²) in [4.78, 5) is 19.4. The van der Waals surface area contributed by atoms with Crippen LogP contribution in [0.4, 0.5) is 14.6 Å². The highest BCUT2D eigenvalue weighted by Gasteiger charge is 2.12. The first kappa shape index (κ1) is 13.5. The lowest BCUT2D eigenvalue weighted by Gasteiger charge is -2.05. The summed E-state index contributed by atoms with van der Waals surface area (Å²) in [5, 5.41) is 2.44. The summed E-state index contributed by atoms with van der Waals surface area (Å²) in [5.41, 5.74) is -0.0115. The van der Waals surface area contributed by atoms with Crippen LogP contribution in [0.3, 0.4) is 0 Å². The first-order valence-corrected chi connectivity index (χ1v) is 6.06. The SMILES string of the molecule is O=C(Cc1cccc(F)c1F)Nc1cnc(Br)cn1. The van der Waals surface area contributed by atoms with Gasteiger partial charge in [0.2, 0.25) is 5.91 Å². The third kappa shape index (κ3) is 3.54. The van der Waals surface area contributed by atoms with Crippen LogP contribution in [0.5, 0.6) is 0 Å². The van der Waals surface area contributed by atoms with E-state index in [1.807, 2.05) is 0 Å². The van der Waals surface area contributed by atoms with Crippen LogP contribution in [0.2, 0.25) is 0 Å². The predicted octanol–water partition coefficient (Wildman–Crippen LogP) is 2.70. The van der Waals surface area contributed by atoms with E-state index in [-0.39, 0.29) is 17.8 Å². The second kappa shape index (κ2) is 5.83. The highest BCUT2D eigenvalue weighted by Crippen LogP contribution is 2.13. The van der Waals surface area contributed by atoms with Crippen LogP contribution in [0, 0.1) is 11.6 Å². The minimum absolute atomic E-state index is 0.0115. The number of nitrogens with zero attached hydrogens (tertiary/aromatic N) is 2. The monoisotopic (exact) mass is 327 g/mol. The summed E-state index contributed by atoms with van der Waals surface area (Å²) in [6, 6.07) is 3.70. The van der Waals surface area contributed by atoms with Gasteiger partial charge in [0.25, 0.3) is 0 Å². The van der Waals surface area contributed by atoms with Gasteiger partial charge < -0.3 is 5.32 Å². The number of anilines is 1. The van der Waals surface area contributed by atoms with Crippen LogP contribution in [-0.4, -0.2) is 15.9 Å². The standard InChI is InChI=1S/C12H8BrF2N3O/c13-9-5-17-10(6-16-9)18-11(19)4-7-2-1-3-8(14)12(7)15/h1-3,5-6H,4H2,(H,17,18,19). The van der Waals surface area contributed by atoms with Gasteiger partial charge >= 0.3 is 0 Å². The molecule has 0 fully saturated rings. The number of carbonyl (C=O) groups excluding carboxylic acids is 1. The molecular formula is C12H8BrF2N3O. The predicted molar refractivity (Wildman–Crippen MR) is 68.4 cm³/mol. The van der Waals surface area contributed by atoms with Crippen molar-refractivity contribution in [1.82, 2.24) is 9.97 Å². The van der Waals surface area contributed by atoms with Crippen molar-refractivity contribution in [2.24, 2.45) is 0 Å². The zero-order chi connectivity index (χ0) is 13.8. The molecule has 0 aliphatic carbocycles. The van der Waals surface area contributed by atoms with Crippen molar-refractivity contribution in [3.8, 4) is 0 Å². The average molecular weight is 328 g/mol. The van der Waals surface area contributed by atoms with Crippen molar-refractivity contribution in [3.05, 3.63) is 52.4 Å². The van der Waals surface area contributed by atoms with E-state index in [0.29, 0.717) is 4.60 Å². The van der Waals surface area contributed by atoms with Crippen LogP contribution in [0.1, 0.15) is 5.56 Å². The van der Waals surface area contributed by atoms with Crippen molar-refractivity contribution < 1.29 is 13.6 Å². The Morgan fingerprint density at radius 3 is 2.74 bits per heavy atom. The van der Waals surface area contributed by atoms with E-state index < -0.39 is 17.5 Å². The van der Waals surface area contributed by atoms with Gasteiger partial charge in [-0.15, -0.1) is 0 Å². The molecule has 0 unspecified atom stereocenters. The van der Waals surface area contributed by atoms with Gasteiger partial charge in [-0.25, -0.2) is 18.7 Å². The van der Waals surface area contributed by atoms with E-state index in [0.717, 1.165) is 6.07 Å². The van der Waals surface area contributed by atoms with Crippen LogP contribution >= 0.6 is 15.9 Å². The van der Waals surface area contributed by atoms with Crippen LogP contribution in [0.25, 0.3) is 0 Å². The fourth-order valence-corrected chi connectivity index (χ4v) is 1.63. The molecule has 19 heavy (non-hydrogen) atoms. The molecule has 7 heteroatoms. The Kier molecular flexibility index (Phi) is 4.16. The molecule has 1 amide bonds. The lowest BCUT2D eigenvalue weighted by molar-refractivity contribution is -0.115. The molecule has 1 heterocycles. The number of hydrogen-bond donors (Lipinski definition) is 1. The van der Waals surface area contributed by atoms with Crippen molar-refractivity contribution in [3.63, 3.8) is 0 Å². The highest BCUT2D eigenvalue weighted by atomic mass is 79.9. The minimum atomic E-state index is -1.01. The molecule has 0 aliphatic rings. The van der Waals surface area contributed by atoms with E-state index in [4.69, 9.17) is 0 Å². The van der Waals surface area contributed by atoms with E-state index >= 15 is 0 Å². The smallest absolute Gasteiger partial charge is 0.230 e. The third-order valence-electron chi connectivity index (χ3n) is 2.27. The summed E-state index contributed by atoms with van der Waals surface area (Å²) in [6.45, 7) is 0. The molecule has 0 saturated heterocycles. The Hall–Kier alpha value is -1.89. The normalized spacial score (nSPS) is 10.3. The number of rotatable bonds is 3. The average Bonchev–Trinajstić information content (AvgIpc) is 2.38. The van der Waals surface area contributed by atoms with Crippen molar-refractivity contribution in [1.29, 1.82) is 0 Å². The number of amides is 1. The molecule has 2 aromatic rings. The van der Waals surface area contributed by atoms with Crippen molar-refractivity contribution in [2.75, 3.05) is 5.32 Å². The first-order valence-electron chi connectivity index (χ1n) is 5.26. The minimum Gasteiger partial charge on any atom is -0.309 e. The van der Waals surface area contributed by atoms with Crippen LogP contribution < -0.4 is 5.32 Å². The maximum atomic E-state index is 13.4. The summed E-state index contributed by atoms with van der Waals surface area (Å²) >= 11 is 3.11. The van der Waals surface area contributed by atoms with Gasteiger partial charge in [-0.3, -0.25) is 4.79 Å². The second-order valence-electron chi connectivity index (χ2n) is 3.66. The fourth-order valence-electron chi connectivity index (χ4n) is 1.42. The molecule has 1 aromatic carbocycles. The van der Waals surface area contributed by atoms with Gasteiger partial charge in [0.15, 0.2) is 17.5 Å². The Balaban J connectivity index is 2.05. The first-order chi connectivity index (χ1) is 9.06. The third-order valence-corrected chi connectivity index (χ3v) is 2.68. The molecule has 0 aliphatic heterocycles. The van der Waals surface area contributed by atoms with E-state index in [9.17, 15) is 13.6 Å². The van der Waals surface area contributed by atoms with Gasteiger partial charge in [0.05, 0.1) is 18.8 Å². The number of carbonyl (C=O) groups is 1. The number of halogens is 3. The molecule has 98 valence electrons. The number of hydrogen-bond acceptors (Lipinski definition) is 3.